The first-order chi connectivity index (χ1) is 35.0. The van der Waals surface area contributed by atoms with Gasteiger partial charge in [0.15, 0.2) is 0 Å². The van der Waals surface area contributed by atoms with Crippen LogP contribution in [0.5, 0.6) is 0 Å². The average Bonchev–Trinajstić information content (AvgIpc) is 3.66. The number of hydrogen-bond acceptors (Lipinski definition) is 6. The second-order valence-electron chi connectivity index (χ2n) is 19.6. The third-order valence-corrected chi connectivity index (χ3v) is 14.6. The van der Waals surface area contributed by atoms with Crippen LogP contribution in [0.3, 0.4) is 0 Å². The van der Waals surface area contributed by atoms with Crippen molar-refractivity contribution in [2.75, 3.05) is 19.8 Å². The van der Waals surface area contributed by atoms with Gasteiger partial charge in [0.1, 0.15) is 0 Å². The number of allylic oxidation sites excluding steroid dienone is 12. The molecule has 5 aromatic rings. The van der Waals surface area contributed by atoms with Crippen LogP contribution >= 0.6 is 0 Å². The molecule has 4 atom stereocenters. The predicted molar refractivity (Wildman–Crippen MR) is 301 cm³/mol. The Bertz CT molecular complexity index is 3100. The number of fused-ring (bicyclic) bond motifs is 3. The van der Waals surface area contributed by atoms with Crippen LogP contribution < -0.4 is 19.8 Å². The summed E-state index contributed by atoms with van der Waals surface area (Å²) in [7, 11) is 0. The van der Waals surface area contributed by atoms with Gasteiger partial charge in [-0.1, -0.05) is 172 Å². The summed E-state index contributed by atoms with van der Waals surface area (Å²) in [5, 5.41) is 14.5. The molecule has 0 fully saturated rings. The van der Waals surface area contributed by atoms with E-state index in [0.29, 0.717) is 0 Å². The molecule has 6 nitrogen and oxygen atoms in total. The van der Waals surface area contributed by atoms with Crippen molar-refractivity contribution >= 4 is 40.9 Å². The van der Waals surface area contributed by atoms with Gasteiger partial charge in [-0.2, -0.15) is 10.2 Å². The van der Waals surface area contributed by atoms with Crippen LogP contribution in [0.4, 0.5) is 28.4 Å². The molecule has 0 saturated carbocycles. The summed E-state index contributed by atoms with van der Waals surface area (Å²) in [4.78, 5) is 4.97. The largest absolute Gasteiger partial charge is 0.335 e. The fourth-order valence-corrected chi connectivity index (χ4v) is 10.8. The van der Waals surface area contributed by atoms with Crippen LogP contribution in [0.2, 0.25) is 0 Å². The van der Waals surface area contributed by atoms with Crippen molar-refractivity contribution in [3.63, 3.8) is 0 Å². The third-order valence-electron chi connectivity index (χ3n) is 14.6. The second kappa shape index (κ2) is 20.6. The number of hydrazone groups is 2. The van der Waals surface area contributed by atoms with Crippen LogP contribution in [0.1, 0.15) is 63.5 Å². The van der Waals surface area contributed by atoms with Crippen molar-refractivity contribution in [2.45, 2.75) is 75.9 Å². The number of rotatable bonds is 14. The van der Waals surface area contributed by atoms with Gasteiger partial charge in [0.2, 0.25) is 0 Å². The van der Waals surface area contributed by atoms with E-state index in [1.165, 1.54) is 33.6 Å². The first-order valence-corrected chi connectivity index (χ1v) is 25.5. The highest BCUT2D eigenvalue weighted by Gasteiger charge is 2.37. The van der Waals surface area contributed by atoms with E-state index in [1.54, 1.807) is 0 Å². The summed E-state index contributed by atoms with van der Waals surface area (Å²) >= 11 is 0. The molecule has 11 rings (SSSR count). The number of para-hydroxylation sites is 3. The van der Waals surface area contributed by atoms with Gasteiger partial charge in [0.05, 0.1) is 35.7 Å². The molecule has 71 heavy (non-hydrogen) atoms. The minimum Gasteiger partial charge on any atom is -0.335 e. The molecule has 0 heterocycles. The molecule has 0 amide bonds. The lowest BCUT2D eigenvalue weighted by Crippen LogP contribution is -2.34. The topological polar surface area (TPSA) is 37.7 Å². The zero-order chi connectivity index (χ0) is 48.0. The van der Waals surface area contributed by atoms with E-state index < -0.39 is 0 Å². The van der Waals surface area contributed by atoms with Gasteiger partial charge >= 0.3 is 0 Å². The summed E-state index contributed by atoms with van der Waals surface area (Å²) in [5.74, 6) is 0.182. The molecule has 6 heteroatoms. The third kappa shape index (κ3) is 9.67. The van der Waals surface area contributed by atoms with Crippen molar-refractivity contribution in [1.29, 1.82) is 0 Å². The average molecular weight is 927 g/mol. The maximum atomic E-state index is 5.11. The Labute approximate surface area is 420 Å². The second-order valence-corrected chi connectivity index (χ2v) is 19.6. The van der Waals surface area contributed by atoms with E-state index >= 15 is 0 Å². The Morgan fingerprint density at radius 1 is 0.479 bits per heavy atom. The van der Waals surface area contributed by atoms with Crippen molar-refractivity contribution in [3.8, 4) is 11.1 Å². The van der Waals surface area contributed by atoms with E-state index in [-0.39, 0.29) is 29.5 Å². The van der Waals surface area contributed by atoms with Gasteiger partial charge in [0, 0.05) is 46.0 Å². The van der Waals surface area contributed by atoms with E-state index in [4.69, 9.17) is 10.2 Å². The first-order valence-electron chi connectivity index (χ1n) is 25.5. The Morgan fingerprint density at radius 2 is 1.10 bits per heavy atom. The van der Waals surface area contributed by atoms with Gasteiger partial charge in [-0.3, -0.25) is 10.0 Å². The van der Waals surface area contributed by atoms with Crippen LogP contribution in [0, 0.1) is 5.92 Å². The van der Waals surface area contributed by atoms with E-state index in [0.717, 1.165) is 72.5 Å². The zero-order valence-electron chi connectivity index (χ0n) is 40.8. The standard InChI is InChI=1S/C65H62N6/c1-65(2)63-45-59(68(51-21-9-3-10-22-51)53-37-33-49(34-38-53)47-66-70(55-25-13-5-14-26-55)56-27-15-6-16-28-56)41-43-61(63)62-44-42-60(46-64(62)65)69(52-23-11-4-12-24-52)54-39-35-50(36-40-54)48-67-71(57-29-17-7-18-30-57)58-31-19-8-20-32-58/h3,5-11,13-27,29-31,33,35-39,41-49,54,56,58H,4,12,28,32,34,40H2,1-2H3/b66-47+,67-48+. The molecule has 0 aliphatic heterocycles. The highest BCUT2D eigenvalue weighted by atomic mass is 15.5. The molecule has 352 valence electrons. The summed E-state index contributed by atoms with van der Waals surface area (Å²) in [5.41, 5.74) is 14.3. The van der Waals surface area contributed by atoms with E-state index in [1.807, 2.05) is 6.21 Å². The summed E-state index contributed by atoms with van der Waals surface area (Å²) in [6.45, 7) is 4.80. The maximum absolute atomic E-state index is 5.11. The fraction of sp³-hybridized carbons (Fsp3) is 0.200. The highest BCUT2D eigenvalue weighted by Crippen LogP contribution is 2.52. The SMILES string of the molecule is CC1(C)c2cc(N(C3=CCC(/C=N/N(c4ccccc4)C4C=CC=CC4)C=C3)c3ccccc3)ccc2-c2ccc(N(C3=CCCC=C3)C3C=CC(/C=N/N(c4ccccc4)C4C=CC=CC4)=CC3)cc21. The van der Waals surface area contributed by atoms with Gasteiger partial charge in [-0.25, -0.2) is 0 Å². The van der Waals surface area contributed by atoms with Gasteiger partial charge in [0.25, 0.3) is 0 Å². The normalized spacial score (nSPS) is 21.5. The smallest absolute Gasteiger partial charge is 0.0743 e. The Morgan fingerprint density at radius 3 is 1.66 bits per heavy atom. The lowest BCUT2D eigenvalue weighted by Gasteiger charge is -2.35. The molecular weight excluding hydrogens is 865 g/mol. The minimum atomic E-state index is -0.229. The molecule has 0 aromatic heterocycles. The van der Waals surface area contributed by atoms with Crippen molar-refractivity contribution in [1.82, 2.24) is 0 Å². The predicted octanol–water partition coefficient (Wildman–Crippen LogP) is 15.6. The molecular formula is C65H62N6. The van der Waals surface area contributed by atoms with Crippen molar-refractivity contribution < 1.29 is 0 Å². The van der Waals surface area contributed by atoms with E-state index in [9.17, 15) is 0 Å². The van der Waals surface area contributed by atoms with Crippen LogP contribution in [-0.2, 0) is 5.41 Å². The summed E-state index contributed by atoms with van der Waals surface area (Å²) in [6, 6.07) is 46.6. The number of benzene rings is 5. The molecule has 6 aliphatic rings. The monoisotopic (exact) mass is 927 g/mol. The Balaban J connectivity index is 0.846. The molecule has 5 aromatic carbocycles. The quantitative estimate of drug-likeness (QED) is 0.0821. The van der Waals surface area contributed by atoms with E-state index in [2.05, 4.69) is 271 Å². The Kier molecular flexibility index (Phi) is 13.2. The molecule has 0 radical (unpaired) electrons. The summed E-state index contributed by atoms with van der Waals surface area (Å²) < 4.78 is 0. The number of nitrogens with zero attached hydrogens (tertiary/aromatic N) is 6. The molecule has 0 bridgehead atoms. The van der Waals surface area contributed by atoms with Crippen LogP contribution in [-0.4, -0.2) is 30.6 Å². The highest BCUT2D eigenvalue weighted by molar-refractivity contribution is 5.87. The van der Waals surface area contributed by atoms with Crippen molar-refractivity contribution in [2.24, 2.45) is 16.1 Å². The number of hydrogen-bond donors (Lipinski definition) is 0. The zero-order valence-corrected chi connectivity index (χ0v) is 40.8. The fourth-order valence-electron chi connectivity index (χ4n) is 10.8. The molecule has 0 N–H and O–H groups in total. The van der Waals surface area contributed by atoms with Gasteiger partial charge in [-0.05, 0) is 139 Å². The van der Waals surface area contributed by atoms with Gasteiger partial charge in [-0.15, -0.1) is 0 Å². The van der Waals surface area contributed by atoms with Crippen molar-refractivity contribution in [3.05, 3.63) is 259 Å². The lowest BCUT2D eigenvalue weighted by atomic mass is 9.82. The molecule has 4 unspecified atom stereocenters. The Hall–Kier alpha value is -7.96. The first kappa shape index (κ1) is 45.5. The summed E-state index contributed by atoms with van der Waals surface area (Å²) in [6.07, 6.45) is 48.2. The number of anilines is 5. The van der Waals surface area contributed by atoms with Crippen LogP contribution in [0.25, 0.3) is 11.1 Å². The van der Waals surface area contributed by atoms with Crippen LogP contribution in [0.15, 0.2) is 258 Å². The lowest BCUT2D eigenvalue weighted by molar-refractivity contribution is 0.659. The molecule has 6 aliphatic carbocycles. The maximum Gasteiger partial charge on any atom is 0.0743 e. The molecule has 0 spiro atoms. The van der Waals surface area contributed by atoms with Gasteiger partial charge < -0.3 is 9.80 Å². The molecule has 0 saturated heterocycles. The minimum absolute atomic E-state index is 0.158.